The van der Waals surface area contributed by atoms with Crippen LogP contribution >= 0.6 is 38.9 Å². The van der Waals surface area contributed by atoms with Crippen molar-refractivity contribution in [2.75, 3.05) is 7.11 Å². The summed E-state index contributed by atoms with van der Waals surface area (Å²) >= 11 is 11.0. The lowest BCUT2D eigenvalue weighted by molar-refractivity contribution is 0.0696. The number of hydrogen-bond acceptors (Lipinski definition) is 4. The highest BCUT2D eigenvalue weighted by atomic mass is 79.9. The summed E-state index contributed by atoms with van der Waals surface area (Å²) in [7, 11) is 1.44. The van der Waals surface area contributed by atoms with Crippen LogP contribution < -0.4 is 9.47 Å². The number of methoxy groups -OCH3 is 1. The number of carboxylic acids is 1. The number of halogens is 2. The molecule has 0 aliphatic heterocycles. The molecule has 7 heteroatoms. The van der Waals surface area contributed by atoms with E-state index in [2.05, 4.69) is 15.9 Å². The van der Waals surface area contributed by atoms with E-state index < -0.39 is 5.97 Å². The van der Waals surface area contributed by atoms with Crippen LogP contribution in [0.15, 0.2) is 28.1 Å². The predicted octanol–water partition coefficient (Wildman–Crippen LogP) is 4.45. The number of rotatable bonds is 5. The molecule has 0 atom stereocenters. The molecule has 0 fully saturated rings. The molecule has 0 aliphatic carbocycles. The summed E-state index contributed by atoms with van der Waals surface area (Å²) < 4.78 is 11.8. The fraction of sp³-hybridized carbons (Fsp3) is 0.154. The van der Waals surface area contributed by atoms with Gasteiger partial charge in [0.15, 0.2) is 11.5 Å². The highest BCUT2D eigenvalue weighted by molar-refractivity contribution is 9.11. The molecule has 106 valence electrons. The van der Waals surface area contributed by atoms with Crippen molar-refractivity contribution in [1.29, 1.82) is 0 Å². The fourth-order valence-corrected chi connectivity index (χ4v) is 3.22. The number of carbonyl (C=O) groups is 1. The number of carboxylic acid groups (broad SMARTS) is 1. The normalized spacial score (nSPS) is 10.3. The third kappa shape index (κ3) is 3.45. The molecule has 2 rings (SSSR count). The van der Waals surface area contributed by atoms with Gasteiger partial charge in [-0.05, 0) is 40.2 Å². The maximum absolute atomic E-state index is 11.0. The molecular formula is C13H10BrClO4S. The molecule has 0 amide bonds. The summed E-state index contributed by atoms with van der Waals surface area (Å²) in [5.41, 5.74) is 0.0538. The Morgan fingerprint density at radius 2 is 2.20 bits per heavy atom. The molecule has 0 bridgehead atoms. The van der Waals surface area contributed by atoms with Crippen LogP contribution in [0.4, 0.5) is 0 Å². The topological polar surface area (TPSA) is 55.8 Å². The molecule has 0 radical (unpaired) electrons. The van der Waals surface area contributed by atoms with Gasteiger partial charge in [0.05, 0.1) is 21.5 Å². The van der Waals surface area contributed by atoms with E-state index in [9.17, 15) is 4.79 Å². The first kappa shape index (κ1) is 15.2. The molecule has 0 saturated carbocycles. The monoisotopic (exact) mass is 376 g/mol. The van der Waals surface area contributed by atoms with Crippen molar-refractivity contribution < 1.29 is 19.4 Å². The molecule has 0 unspecified atom stereocenters. The Kier molecular flexibility index (Phi) is 4.91. The van der Waals surface area contributed by atoms with E-state index in [1.54, 1.807) is 11.3 Å². The molecule has 1 heterocycles. The van der Waals surface area contributed by atoms with E-state index in [0.717, 1.165) is 8.66 Å². The predicted molar refractivity (Wildman–Crippen MR) is 81.3 cm³/mol. The van der Waals surface area contributed by atoms with E-state index in [1.165, 1.54) is 19.2 Å². The van der Waals surface area contributed by atoms with E-state index >= 15 is 0 Å². The Labute approximate surface area is 133 Å². The Morgan fingerprint density at radius 1 is 1.45 bits per heavy atom. The smallest absolute Gasteiger partial charge is 0.335 e. The van der Waals surface area contributed by atoms with Gasteiger partial charge in [-0.2, -0.15) is 0 Å². The van der Waals surface area contributed by atoms with E-state index in [0.29, 0.717) is 18.1 Å². The number of ether oxygens (including phenoxy) is 2. The van der Waals surface area contributed by atoms with Gasteiger partial charge in [-0.25, -0.2) is 4.79 Å². The van der Waals surface area contributed by atoms with Gasteiger partial charge in [0, 0.05) is 4.88 Å². The minimum atomic E-state index is -1.07. The second-order valence-corrected chi connectivity index (χ2v) is 6.74. The molecule has 1 aromatic carbocycles. The minimum absolute atomic E-state index is 0.0538. The van der Waals surface area contributed by atoms with Crippen LogP contribution in [0.3, 0.4) is 0 Å². The third-order valence-electron chi connectivity index (χ3n) is 2.46. The average molecular weight is 378 g/mol. The maximum atomic E-state index is 11.0. The van der Waals surface area contributed by atoms with Crippen LogP contribution in [0.1, 0.15) is 15.2 Å². The van der Waals surface area contributed by atoms with Crippen LogP contribution in [0.2, 0.25) is 5.02 Å². The zero-order chi connectivity index (χ0) is 14.7. The number of aromatic carboxylic acids is 1. The fourth-order valence-electron chi connectivity index (χ4n) is 1.56. The zero-order valence-electron chi connectivity index (χ0n) is 10.4. The number of hydrogen-bond donors (Lipinski definition) is 1. The van der Waals surface area contributed by atoms with Gasteiger partial charge >= 0.3 is 5.97 Å². The first-order valence-electron chi connectivity index (χ1n) is 5.49. The third-order valence-corrected chi connectivity index (χ3v) is 4.34. The first-order chi connectivity index (χ1) is 9.51. The molecule has 2 aromatic rings. The van der Waals surface area contributed by atoms with Crippen molar-refractivity contribution >= 4 is 44.8 Å². The zero-order valence-corrected chi connectivity index (χ0v) is 13.5. The summed E-state index contributed by atoms with van der Waals surface area (Å²) in [6.07, 6.45) is 0. The molecule has 0 aliphatic rings. The van der Waals surface area contributed by atoms with E-state index in [1.807, 2.05) is 12.1 Å². The van der Waals surface area contributed by atoms with Crippen molar-refractivity contribution in [2.45, 2.75) is 6.61 Å². The van der Waals surface area contributed by atoms with Crippen molar-refractivity contribution in [3.8, 4) is 11.5 Å². The summed E-state index contributed by atoms with van der Waals surface area (Å²) in [4.78, 5) is 12.0. The highest BCUT2D eigenvalue weighted by Gasteiger charge is 2.15. The molecular weight excluding hydrogens is 368 g/mol. The van der Waals surface area contributed by atoms with Gasteiger partial charge in [0.25, 0.3) is 0 Å². The first-order valence-corrected chi connectivity index (χ1v) is 7.48. The van der Waals surface area contributed by atoms with Crippen molar-refractivity contribution in [3.05, 3.63) is 43.5 Å². The lowest BCUT2D eigenvalue weighted by Crippen LogP contribution is -2.01. The van der Waals surface area contributed by atoms with Gasteiger partial charge in [-0.15, -0.1) is 11.3 Å². The number of thiophene rings is 1. The second-order valence-electron chi connectivity index (χ2n) is 3.79. The molecule has 1 aromatic heterocycles. The van der Waals surface area contributed by atoms with Gasteiger partial charge in [0.2, 0.25) is 0 Å². The van der Waals surface area contributed by atoms with Crippen molar-refractivity contribution in [3.63, 3.8) is 0 Å². The maximum Gasteiger partial charge on any atom is 0.335 e. The molecule has 20 heavy (non-hydrogen) atoms. The largest absolute Gasteiger partial charge is 0.493 e. The SMILES string of the molecule is COc1cc(C(=O)O)cc(Cl)c1OCc1ccc(Br)s1. The summed E-state index contributed by atoms with van der Waals surface area (Å²) in [5, 5.41) is 9.18. The van der Waals surface area contributed by atoms with E-state index in [-0.39, 0.29) is 10.6 Å². The van der Waals surface area contributed by atoms with Crippen molar-refractivity contribution in [1.82, 2.24) is 0 Å². The molecule has 0 saturated heterocycles. The summed E-state index contributed by atoms with van der Waals surface area (Å²) in [5.74, 6) is -0.437. The number of benzene rings is 1. The second kappa shape index (κ2) is 6.47. The Morgan fingerprint density at radius 3 is 2.75 bits per heavy atom. The van der Waals surface area contributed by atoms with Gasteiger partial charge in [-0.1, -0.05) is 11.6 Å². The summed E-state index contributed by atoms with van der Waals surface area (Å²) in [6, 6.07) is 6.58. The van der Waals surface area contributed by atoms with Gasteiger partial charge in [-0.3, -0.25) is 0 Å². The Bertz CT molecular complexity index is 641. The van der Waals surface area contributed by atoms with Crippen LogP contribution in [0, 0.1) is 0 Å². The summed E-state index contributed by atoms with van der Waals surface area (Å²) in [6.45, 7) is 0.332. The van der Waals surface area contributed by atoms with Crippen molar-refractivity contribution in [2.24, 2.45) is 0 Å². The van der Waals surface area contributed by atoms with E-state index in [4.69, 9.17) is 26.2 Å². The van der Waals surface area contributed by atoms with Crippen LogP contribution in [-0.2, 0) is 6.61 Å². The molecule has 0 spiro atoms. The standard InChI is InChI=1S/C13H10BrClO4S/c1-18-10-5-7(13(16)17)4-9(15)12(10)19-6-8-2-3-11(14)20-8/h2-5H,6H2,1H3,(H,16,17). The van der Waals surface area contributed by atoms with Crippen LogP contribution in [0.25, 0.3) is 0 Å². The van der Waals surface area contributed by atoms with Crippen LogP contribution in [-0.4, -0.2) is 18.2 Å². The molecule has 4 nitrogen and oxygen atoms in total. The molecule has 1 N–H and O–H groups in total. The quantitative estimate of drug-likeness (QED) is 0.836. The average Bonchev–Trinajstić information content (AvgIpc) is 2.82. The Hall–Kier alpha value is -1.24. The van der Waals surface area contributed by atoms with Crippen LogP contribution in [0.5, 0.6) is 11.5 Å². The van der Waals surface area contributed by atoms with Gasteiger partial charge < -0.3 is 14.6 Å². The minimum Gasteiger partial charge on any atom is -0.493 e. The lowest BCUT2D eigenvalue weighted by Gasteiger charge is -2.12. The van der Waals surface area contributed by atoms with Gasteiger partial charge in [0.1, 0.15) is 6.61 Å². The highest BCUT2D eigenvalue weighted by Crippen LogP contribution is 2.37. The lowest BCUT2D eigenvalue weighted by atomic mass is 10.2. The Balaban J connectivity index is 2.24.